The van der Waals surface area contributed by atoms with Gasteiger partial charge >= 0.3 is 11.9 Å². The Bertz CT molecular complexity index is 1370. The van der Waals surface area contributed by atoms with E-state index in [1.165, 1.54) is 0 Å². The summed E-state index contributed by atoms with van der Waals surface area (Å²) in [6.45, 7) is 8.04. The number of rotatable bonds is 14. The number of anilines is 2. The molecule has 42 heavy (non-hydrogen) atoms. The summed E-state index contributed by atoms with van der Waals surface area (Å²) in [5.41, 5.74) is 3.68. The smallest absolute Gasteiger partial charge is 0.338 e. The van der Waals surface area contributed by atoms with Crippen molar-refractivity contribution in [1.82, 2.24) is 0 Å². The molecule has 3 aromatic rings. The predicted molar refractivity (Wildman–Crippen MR) is 161 cm³/mol. The van der Waals surface area contributed by atoms with Crippen molar-refractivity contribution in [2.75, 3.05) is 23.8 Å². The molecule has 0 aliphatic carbocycles. The van der Waals surface area contributed by atoms with Crippen molar-refractivity contribution < 1.29 is 33.4 Å². The lowest BCUT2D eigenvalue weighted by Crippen LogP contribution is -2.21. The van der Waals surface area contributed by atoms with Crippen LogP contribution in [0.25, 0.3) is 0 Å². The first-order valence-electron chi connectivity index (χ1n) is 14.1. The Kier molecular flexibility index (Phi) is 12.1. The SMILES string of the molecule is CCCOC(=O)c1ccc(NC(=O)COC(=O)CCCC(=O)Nc2ccc(Oc3cc(C)ccc3C(C)C)cc2)cc1. The molecule has 0 unspecified atom stereocenters. The van der Waals surface area contributed by atoms with Crippen molar-refractivity contribution in [2.24, 2.45) is 0 Å². The fraction of sp³-hybridized carbons (Fsp3) is 0.333. The van der Waals surface area contributed by atoms with Gasteiger partial charge in [0.05, 0.1) is 12.2 Å². The van der Waals surface area contributed by atoms with Crippen molar-refractivity contribution in [3.63, 3.8) is 0 Å². The number of esters is 2. The second-order valence-electron chi connectivity index (χ2n) is 10.1. The third kappa shape index (κ3) is 10.4. The first-order chi connectivity index (χ1) is 20.1. The van der Waals surface area contributed by atoms with Gasteiger partial charge in [0.1, 0.15) is 11.5 Å². The van der Waals surface area contributed by atoms with Crippen LogP contribution in [0.4, 0.5) is 11.4 Å². The first kappa shape index (κ1) is 31.9. The molecule has 0 aromatic heterocycles. The van der Waals surface area contributed by atoms with Gasteiger partial charge in [-0.15, -0.1) is 0 Å². The van der Waals surface area contributed by atoms with Gasteiger partial charge in [0.2, 0.25) is 5.91 Å². The molecule has 3 rings (SSSR count). The topological polar surface area (TPSA) is 120 Å². The minimum absolute atomic E-state index is 0.00325. The molecule has 222 valence electrons. The summed E-state index contributed by atoms with van der Waals surface area (Å²) >= 11 is 0. The molecule has 0 saturated carbocycles. The van der Waals surface area contributed by atoms with Gasteiger partial charge in [-0.3, -0.25) is 14.4 Å². The zero-order chi connectivity index (χ0) is 30.5. The van der Waals surface area contributed by atoms with Crippen LogP contribution in [0.3, 0.4) is 0 Å². The van der Waals surface area contributed by atoms with Gasteiger partial charge in [0.25, 0.3) is 5.91 Å². The maximum atomic E-state index is 12.3. The Morgan fingerprint density at radius 3 is 2.07 bits per heavy atom. The minimum Gasteiger partial charge on any atom is -0.462 e. The van der Waals surface area contributed by atoms with Gasteiger partial charge in [-0.05, 0) is 91.4 Å². The zero-order valence-corrected chi connectivity index (χ0v) is 24.5. The maximum absolute atomic E-state index is 12.3. The average Bonchev–Trinajstić information content (AvgIpc) is 2.96. The fourth-order valence-electron chi connectivity index (χ4n) is 3.94. The van der Waals surface area contributed by atoms with E-state index in [1.807, 2.05) is 19.9 Å². The lowest BCUT2D eigenvalue weighted by atomic mass is 10.0. The van der Waals surface area contributed by atoms with Gasteiger partial charge < -0.3 is 24.8 Å². The highest BCUT2D eigenvalue weighted by Gasteiger charge is 2.12. The molecule has 0 aliphatic rings. The summed E-state index contributed by atoms with van der Waals surface area (Å²) in [5.74, 6) is 0.0308. The van der Waals surface area contributed by atoms with E-state index in [0.29, 0.717) is 35.2 Å². The molecule has 0 radical (unpaired) electrons. The summed E-state index contributed by atoms with van der Waals surface area (Å²) in [5, 5.41) is 5.40. The highest BCUT2D eigenvalue weighted by Crippen LogP contribution is 2.32. The Labute approximate surface area is 246 Å². The molecule has 0 atom stereocenters. The quantitative estimate of drug-likeness (QED) is 0.204. The zero-order valence-electron chi connectivity index (χ0n) is 24.5. The predicted octanol–water partition coefficient (Wildman–Crippen LogP) is 6.77. The van der Waals surface area contributed by atoms with Crippen LogP contribution in [0.1, 0.15) is 73.9 Å². The number of hydrogen-bond donors (Lipinski definition) is 2. The first-order valence-corrected chi connectivity index (χ1v) is 14.1. The molecule has 0 fully saturated rings. The lowest BCUT2D eigenvalue weighted by molar-refractivity contribution is -0.147. The summed E-state index contributed by atoms with van der Waals surface area (Å²) < 4.78 is 16.2. The van der Waals surface area contributed by atoms with Crippen molar-refractivity contribution in [2.45, 2.75) is 59.3 Å². The number of carbonyl (C=O) groups is 4. The standard InChI is InChI=1S/C33H38N2O7/c1-5-19-40-33(39)24-10-12-25(13-11-24)35-31(37)21-41-32(38)8-6-7-30(36)34-26-14-16-27(17-15-26)42-29-20-23(4)9-18-28(29)22(2)3/h9-18,20,22H,5-8,19,21H2,1-4H3,(H,34,36)(H,35,37). The molecule has 0 heterocycles. The number of ether oxygens (including phenoxy) is 3. The number of aryl methyl sites for hydroxylation is 1. The summed E-state index contributed by atoms with van der Waals surface area (Å²) in [7, 11) is 0. The number of nitrogens with one attached hydrogen (secondary N) is 2. The molecule has 3 aromatic carbocycles. The van der Waals surface area contributed by atoms with E-state index in [0.717, 1.165) is 23.3 Å². The fourth-order valence-corrected chi connectivity index (χ4v) is 3.94. The van der Waals surface area contributed by atoms with Crippen LogP contribution in [-0.2, 0) is 23.9 Å². The van der Waals surface area contributed by atoms with Crippen molar-refractivity contribution in [3.05, 3.63) is 83.4 Å². The summed E-state index contributed by atoms with van der Waals surface area (Å²) in [6.07, 6.45) is 1.12. The van der Waals surface area contributed by atoms with Gasteiger partial charge in [-0.25, -0.2) is 4.79 Å². The highest BCUT2D eigenvalue weighted by molar-refractivity contribution is 5.94. The van der Waals surface area contributed by atoms with Crippen LogP contribution in [-0.4, -0.2) is 37.0 Å². The maximum Gasteiger partial charge on any atom is 0.338 e. The number of amides is 2. The third-order valence-electron chi connectivity index (χ3n) is 6.15. The molecule has 9 nitrogen and oxygen atoms in total. The Morgan fingerprint density at radius 2 is 1.43 bits per heavy atom. The molecular weight excluding hydrogens is 536 g/mol. The van der Waals surface area contributed by atoms with Crippen LogP contribution in [0.15, 0.2) is 66.7 Å². The normalized spacial score (nSPS) is 10.6. The molecule has 0 spiro atoms. The van der Waals surface area contributed by atoms with Crippen LogP contribution in [0, 0.1) is 6.92 Å². The van der Waals surface area contributed by atoms with Gasteiger partial charge in [-0.1, -0.05) is 32.9 Å². The van der Waals surface area contributed by atoms with Crippen LogP contribution >= 0.6 is 0 Å². The van der Waals surface area contributed by atoms with Gasteiger partial charge in [0.15, 0.2) is 6.61 Å². The van der Waals surface area contributed by atoms with E-state index in [9.17, 15) is 19.2 Å². The Balaban J connectivity index is 1.35. The lowest BCUT2D eigenvalue weighted by Gasteiger charge is -2.15. The second kappa shape index (κ2) is 16.0. The highest BCUT2D eigenvalue weighted by atomic mass is 16.5. The van der Waals surface area contributed by atoms with Crippen LogP contribution in [0.5, 0.6) is 11.5 Å². The van der Waals surface area contributed by atoms with E-state index in [-0.39, 0.29) is 25.2 Å². The second-order valence-corrected chi connectivity index (χ2v) is 10.1. The number of hydrogen-bond acceptors (Lipinski definition) is 7. The molecule has 0 saturated heterocycles. The van der Waals surface area contributed by atoms with Gasteiger partial charge in [-0.2, -0.15) is 0 Å². The number of benzene rings is 3. The molecule has 2 amide bonds. The van der Waals surface area contributed by atoms with E-state index in [1.54, 1.807) is 48.5 Å². The van der Waals surface area contributed by atoms with E-state index in [2.05, 4.69) is 36.6 Å². The average molecular weight is 575 g/mol. The summed E-state index contributed by atoms with van der Waals surface area (Å²) in [6, 6.07) is 19.5. The van der Waals surface area contributed by atoms with E-state index < -0.39 is 24.5 Å². The molecule has 0 aliphatic heterocycles. The third-order valence-corrected chi connectivity index (χ3v) is 6.15. The van der Waals surface area contributed by atoms with Gasteiger partial charge in [0, 0.05) is 24.2 Å². The summed E-state index contributed by atoms with van der Waals surface area (Å²) in [4.78, 5) is 48.3. The number of carbonyl (C=O) groups excluding carboxylic acids is 4. The van der Waals surface area contributed by atoms with Crippen LogP contribution < -0.4 is 15.4 Å². The Hall–Kier alpha value is -4.66. The monoisotopic (exact) mass is 574 g/mol. The van der Waals surface area contributed by atoms with Crippen molar-refractivity contribution in [3.8, 4) is 11.5 Å². The van der Waals surface area contributed by atoms with E-state index >= 15 is 0 Å². The van der Waals surface area contributed by atoms with E-state index in [4.69, 9.17) is 14.2 Å². The van der Waals surface area contributed by atoms with Crippen LogP contribution in [0.2, 0.25) is 0 Å². The largest absolute Gasteiger partial charge is 0.462 e. The molecule has 9 heteroatoms. The minimum atomic E-state index is -0.578. The Morgan fingerprint density at radius 1 is 0.786 bits per heavy atom. The molecular formula is C33H38N2O7. The molecule has 2 N–H and O–H groups in total. The van der Waals surface area contributed by atoms with Crippen molar-refractivity contribution >= 4 is 35.1 Å². The molecule has 0 bridgehead atoms. The van der Waals surface area contributed by atoms with Crippen molar-refractivity contribution in [1.29, 1.82) is 0 Å².